The van der Waals surface area contributed by atoms with E-state index in [0.29, 0.717) is 16.9 Å². The van der Waals surface area contributed by atoms with Gasteiger partial charge in [-0.1, -0.05) is 41.9 Å². The summed E-state index contributed by atoms with van der Waals surface area (Å²) in [5.41, 5.74) is 1.14. The minimum Gasteiger partial charge on any atom is -0.508 e. The molecule has 2 aromatic carbocycles. The van der Waals surface area contributed by atoms with Crippen LogP contribution in [-0.4, -0.2) is 26.0 Å². The maximum absolute atomic E-state index is 12.5. The zero-order chi connectivity index (χ0) is 18.7. The second-order valence-electron chi connectivity index (χ2n) is 5.89. The van der Waals surface area contributed by atoms with E-state index in [-0.39, 0.29) is 10.8 Å². The van der Waals surface area contributed by atoms with Crippen molar-refractivity contribution in [1.29, 1.82) is 0 Å². The van der Waals surface area contributed by atoms with Gasteiger partial charge in [0.1, 0.15) is 10.8 Å². The number of phenols is 1. The monoisotopic (exact) mass is 371 g/mol. The van der Waals surface area contributed by atoms with E-state index in [1.165, 1.54) is 23.0 Å². The van der Waals surface area contributed by atoms with Crippen molar-refractivity contribution in [2.45, 2.75) is 19.1 Å². The minimum absolute atomic E-state index is 0.00592. The summed E-state index contributed by atoms with van der Waals surface area (Å²) < 4.78 is 1.22. The third kappa shape index (κ3) is 3.71. The normalized spacial score (nSPS) is 13.2. The highest BCUT2D eigenvalue weighted by molar-refractivity contribution is 6.33. The molecule has 0 fully saturated rings. The van der Waals surface area contributed by atoms with E-state index >= 15 is 0 Å². The Balaban J connectivity index is 1.83. The van der Waals surface area contributed by atoms with E-state index in [1.54, 1.807) is 43.3 Å². The van der Waals surface area contributed by atoms with Crippen LogP contribution in [0, 0.1) is 0 Å². The number of phenolic OH excluding ortho intramolecular Hbond substituents is 1. The van der Waals surface area contributed by atoms with E-state index in [1.807, 2.05) is 6.07 Å². The summed E-state index contributed by atoms with van der Waals surface area (Å²) in [5, 5.41) is 26.9. The predicted octanol–water partition coefficient (Wildman–Crippen LogP) is 3.13. The number of aromatic nitrogens is 2. The topological polar surface area (TPSA) is 87.4 Å². The lowest BCUT2D eigenvalue weighted by atomic mass is 10.0. The van der Waals surface area contributed by atoms with E-state index < -0.39 is 17.7 Å². The molecule has 1 heterocycles. The lowest BCUT2D eigenvalue weighted by Gasteiger charge is -2.22. The predicted molar refractivity (Wildman–Crippen MR) is 101 cm³/mol. The molecule has 0 aliphatic carbocycles. The first-order valence-electron chi connectivity index (χ1n) is 8.04. The van der Waals surface area contributed by atoms with Gasteiger partial charge in [-0.3, -0.25) is 4.79 Å². The third-order valence-electron chi connectivity index (χ3n) is 4.01. The number of benzene rings is 2. The number of nitrogens with one attached hydrogen (secondary N) is 1. The van der Waals surface area contributed by atoms with Crippen LogP contribution in [0.15, 0.2) is 65.6 Å². The molecule has 0 radical (unpaired) electrons. The number of rotatable bonds is 5. The quantitative estimate of drug-likeness (QED) is 0.641. The molecule has 134 valence electrons. The summed E-state index contributed by atoms with van der Waals surface area (Å²) in [6.45, 7) is 1.76. The fraction of sp³-hybridized carbons (Fsp3) is 0.158. The van der Waals surface area contributed by atoms with E-state index in [0.717, 1.165) is 0 Å². The molecule has 6 nitrogen and oxygen atoms in total. The molecule has 7 heteroatoms. The number of aliphatic hydroxyl groups is 1. The second kappa shape index (κ2) is 7.59. The largest absolute Gasteiger partial charge is 0.508 e. The van der Waals surface area contributed by atoms with Gasteiger partial charge >= 0.3 is 0 Å². The molecule has 0 aliphatic rings. The fourth-order valence-electron chi connectivity index (χ4n) is 2.57. The summed E-state index contributed by atoms with van der Waals surface area (Å²) in [4.78, 5) is 12.5. The molecular weight excluding hydrogens is 354 g/mol. The van der Waals surface area contributed by atoms with Crippen molar-refractivity contribution in [3.05, 3.63) is 81.7 Å². The van der Waals surface area contributed by atoms with Gasteiger partial charge in [0, 0.05) is 0 Å². The van der Waals surface area contributed by atoms with Gasteiger partial charge in [-0.25, -0.2) is 0 Å². The molecule has 0 aliphatic heterocycles. The van der Waals surface area contributed by atoms with Gasteiger partial charge in [0.05, 0.1) is 29.7 Å². The number of nitrogens with zero attached hydrogens (tertiary/aromatic N) is 2. The highest BCUT2D eigenvalue weighted by Crippen LogP contribution is 2.24. The molecule has 0 amide bonds. The SMILES string of the molecule is C[C@H](Nc1cnn(-c2ccccc2)c(=O)c1Cl)[C@@H](O)c1ccc(O)cc1. The molecule has 0 bridgehead atoms. The van der Waals surface area contributed by atoms with Crippen LogP contribution in [0.1, 0.15) is 18.6 Å². The Morgan fingerprint density at radius 1 is 1.12 bits per heavy atom. The number of para-hydroxylation sites is 1. The summed E-state index contributed by atoms with van der Waals surface area (Å²) in [7, 11) is 0. The molecule has 3 N–H and O–H groups in total. The number of anilines is 1. The number of hydrogen-bond acceptors (Lipinski definition) is 5. The van der Waals surface area contributed by atoms with Crippen molar-refractivity contribution in [2.75, 3.05) is 5.32 Å². The first-order chi connectivity index (χ1) is 12.5. The van der Waals surface area contributed by atoms with E-state index in [2.05, 4.69) is 10.4 Å². The molecular formula is C19H18ClN3O3. The molecule has 0 saturated heterocycles. The minimum atomic E-state index is -0.858. The van der Waals surface area contributed by atoms with Crippen molar-refractivity contribution < 1.29 is 10.2 Å². The van der Waals surface area contributed by atoms with Gasteiger partial charge in [0.2, 0.25) is 0 Å². The van der Waals surface area contributed by atoms with Crippen LogP contribution in [0.5, 0.6) is 5.75 Å². The fourth-order valence-corrected chi connectivity index (χ4v) is 2.75. The van der Waals surface area contributed by atoms with Crippen molar-refractivity contribution in [1.82, 2.24) is 9.78 Å². The summed E-state index contributed by atoms with van der Waals surface area (Å²) in [5.74, 6) is 0.123. The van der Waals surface area contributed by atoms with Gasteiger partial charge < -0.3 is 15.5 Å². The van der Waals surface area contributed by atoms with Crippen LogP contribution in [-0.2, 0) is 0 Å². The molecule has 0 unspecified atom stereocenters. The molecule has 26 heavy (non-hydrogen) atoms. The first kappa shape index (κ1) is 18.0. The Morgan fingerprint density at radius 2 is 1.77 bits per heavy atom. The van der Waals surface area contributed by atoms with Crippen molar-refractivity contribution in [2.24, 2.45) is 0 Å². The van der Waals surface area contributed by atoms with Gasteiger partial charge in [0.15, 0.2) is 0 Å². The van der Waals surface area contributed by atoms with Crippen LogP contribution in [0.4, 0.5) is 5.69 Å². The Morgan fingerprint density at radius 3 is 2.42 bits per heavy atom. The Labute approximate surface area is 155 Å². The second-order valence-corrected chi connectivity index (χ2v) is 6.27. The molecule has 2 atom stereocenters. The molecule has 3 rings (SSSR count). The molecule has 0 saturated carbocycles. The Bertz CT molecular complexity index is 942. The lowest BCUT2D eigenvalue weighted by molar-refractivity contribution is 0.160. The first-order valence-corrected chi connectivity index (χ1v) is 8.42. The average Bonchev–Trinajstić information content (AvgIpc) is 2.66. The van der Waals surface area contributed by atoms with Gasteiger partial charge in [0.25, 0.3) is 5.56 Å². The van der Waals surface area contributed by atoms with Crippen LogP contribution >= 0.6 is 11.6 Å². The highest BCUT2D eigenvalue weighted by Gasteiger charge is 2.19. The maximum Gasteiger partial charge on any atom is 0.292 e. The van der Waals surface area contributed by atoms with Crippen molar-refractivity contribution in [3.63, 3.8) is 0 Å². The lowest BCUT2D eigenvalue weighted by Crippen LogP contribution is -2.27. The van der Waals surface area contributed by atoms with Crippen LogP contribution in [0.3, 0.4) is 0 Å². The van der Waals surface area contributed by atoms with Gasteiger partial charge in [-0.15, -0.1) is 0 Å². The molecule has 0 spiro atoms. The third-order valence-corrected chi connectivity index (χ3v) is 4.38. The Hall–Kier alpha value is -2.83. The standard InChI is InChI=1S/C19H18ClN3O3/c1-12(18(25)13-7-9-15(24)10-8-13)22-16-11-21-23(19(26)17(16)20)14-5-3-2-4-6-14/h2-12,18,22,24-25H,1H3/t12-,18+/m0/s1. The van der Waals surface area contributed by atoms with Crippen molar-refractivity contribution in [3.8, 4) is 11.4 Å². The number of aliphatic hydroxyl groups excluding tert-OH is 1. The van der Waals surface area contributed by atoms with Gasteiger partial charge in [-0.05, 0) is 36.8 Å². The van der Waals surface area contributed by atoms with Gasteiger partial charge in [-0.2, -0.15) is 9.78 Å². The van der Waals surface area contributed by atoms with Crippen LogP contribution in [0.2, 0.25) is 5.02 Å². The molecule has 3 aromatic rings. The number of halogens is 1. The van der Waals surface area contributed by atoms with E-state index in [9.17, 15) is 15.0 Å². The van der Waals surface area contributed by atoms with E-state index in [4.69, 9.17) is 11.6 Å². The zero-order valence-electron chi connectivity index (χ0n) is 14.0. The smallest absolute Gasteiger partial charge is 0.292 e. The number of hydrogen-bond donors (Lipinski definition) is 3. The maximum atomic E-state index is 12.5. The van der Waals surface area contributed by atoms with Crippen molar-refractivity contribution >= 4 is 17.3 Å². The number of aromatic hydroxyl groups is 1. The average molecular weight is 372 g/mol. The summed E-state index contributed by atoms with van der Waals surface area (Å²) in [6.07, 6.45) is 0.597. The van der Waals surface area contributed by atoms with Crippen LogP contribution in [0.25, 0.3) is 5.69 Å². The highest BCUT2D eigenvalue weighted by atomic mass is 35.5. The molecule has 1 aromatic heterocycles. The van der Waals surface area contributed by atoms with Crippen LogP contribution < -0.4 is 10.9 Å². The summed E-state index contributed by atoms with van der Waals surface area (Å²) >= 11 is 6.21. The Kier molecular flexibility index (Phi) is 5.25. The zero-order valence-corrected chi connectivity index (χ0v) is 14.8. The summed E-state index contributed by atoms with van der Waals surface area (Å²) in [6, 6.07) is 14.8.